The summed E-state index contributed by atoms with van der Waals surface area (Å²) in [4.78, 5) is 4.18. The second kappa shape index (κ2) is 8.26. The summed E-state index contributed by atoms with van der Waals surface area (Å²) in [6.45, 7) is 4.23. The third-order valence-corrected chi connectivity index (χ3v) is 1.68. The number of aliphatic imine (C=N–C) groups is 1. The lowest BCUT2D eigenvalue weighted by molar-refractivity contribution is 0.713. The van der Waals surface area contributed by atoms with E-state index in [4.69, 9.17) is 5.26 Å². The minimum atomic E-state index is -0.105. The van der Waals surface area contributed by atoms with Crippen LogP contribution in [0.5, 0.6) is 0 Å². The molecule has 0 aliphatic carbocycles. The van der Waals surface area contributed by atoms with Crippen molar-refractivity contribution < 1.29 is 0 Å². The summed E-state index contributed by atoms with van der Waals surface area (Å²) in [5.41, 5.74) is 0. The van der Waals surface area contributed by atoms with Crippen LogP contribution in [-0.2, 0) is 0 Å². The molecule has 68 valence electrons. The van der Waals surface area contributed by atoms with Gasteiger partial charge >= 0.3 is 0 Å². The van der Waals surface area contributed by atoms with Gasteiger partial charge in [0.05, 0.1) is 6.07 Å². The van der Waals surface area contributed by atoms with Crippen molar-refractivity contribution in [3.8, 4) is 6.07 Å². The molecule has 0 rings (SSSR count). The van der Waals surface area contributed by atoms with E-state index >= 15 is 0 Å². The zero-order valence-electron chi connectivity index (χ0n) is 8.08. The van der Waals surface area contributed by atoms with Crippen molar-refractivity contribution in [2.45, 2.75) is 52.0 Å². The monoisotopic (exact) mass is 166 g/mol. The number of rotatable bonds is 6. The van der Waals surface area contributed by atoms with Crippen molar-refractivity contribution in [3.05, 3.63) is 0 Å². The Kier molecular flexibility index (Phi) is 7.68. The first-order chi connectivity index (χ1) is 5.85. The van der Waals surface area contributed by atoms with Gasteiger partial charge in [-0.05, 0) is 19.3 Å². The minimum Gasteiger partial charge on any atom is -0.279 e. The zero-order valence-corrected chi connectivity index (χ0v) is 8.08. The molecule has 2 nitrogen and oxygen atoms in total. The summed E-state index contributed by atoms with van der Waals surface area (Å²) in [5, 5.41) is 8.65. The maximum absolute atomic E-state index is 8.65. The lowest BCUT2D eigenvalue weighted by Gasteiger charge is -1.98. The van der Waals surface area contributed by atoms with Crippen molar-refractivity contribution in [1.29, 1.82) is 5.26 Å². The van der Waals surface area contributed by atoms with Crippen LogP contribution in [0, 0.1) is 11.3 Å². The molecule has 0 heterocycles. The Morgan fingerprint density at radius 2 is 2.17 bits per heavy atom. The van der Waals surface area contributed by atoms with Gasteiger partial charge in [-0.1, -0.05) is 26.7 Å². The van der Waals surface area contributed by atoms with E-state index in [-0.39, 0.29) is 6.04 Å². The molecule has 0 aromatic rings. The second-order valence-electron chi connectivity index (χ2n) is 2.91. The summed E-state index contributed by atoms with van der Waals surface area (Å²) in [5.74, 6) is 0. The SMILES string of the molecule is CCCCC=NC(C#N)CCC. The third-order valence-electron chi connectivity index (χ3n) is 1.68. The first-order valence-electron chi connectivity index (χ1n) is 4.76. The molecule has 0 saturated heterocycles. The molecule has 0 saturated carbocycles. The molecule has 0 aromatic heterocycles. The number of hydrogen-bond acceptors (Lipinski definition) is 2. The van der Waals surface area contributed by atoms with Gasteiger partial charge in [-0.15, -0.1) is 0 Å². The van der Waals surface area contributed by atoms with E-state index in [9.17, 15) is 0 Å². The first kappa shape index (κ1) is 11.2. The number of nitrogens with zero attached hydrogens (tertiary/aromatic N) is 2. The first-order valence-corrected chi connectivity index (χ1v) is 4.76. The van der Waals surface area contributed by atoms with Crippen LogP contribution in [0.15, 0.2) is 4.99 Å². The molecule has 1 unspecified atom stereocenters. The van der Waals surface area contributed by atoms with Crippen LogP contribution in [-0.4, -0.2) is 12.3 Å². The lowest BCUT2D eigenvalue weighted by Crippen LogP contribution is -1.99. The Bertz CT molecular complexity index is 156. The van der Waals surface area contributed by atoms with Crippen molar-refractivity contribution in [2.24, 2.45) is 4.99 Å². The summed E-state index contributed by atoms with van der Waals surface area (Å²) >= 11 is 0. The Hall–Kier alpha value is -0.840. The highest BCUT2D eigenvalue weighted by molar-refractivity contribution is 5.57. The van der Waals surface area contributed by atoms with Crippen LogP contribution in [0.1, 0.15) is 46.0 Å². The predicted molar refractivity (Wildman–Crippen MR) is 52.3 cm³/mol. The van der Waals surface area contributed by atoms with Gasteiger partial charge in [0.1, 0.15) is 6.04 Å². The molecule has 12 heavy (non-hydrogen) atoms. The topological polar surface area (TPSA) is 36.1 Å². The average molecular weight is 166 g/mol. The largest absolute Gasteiger partial charge is 0.279 e. The summed E-state index contributed by atoms with van der Waals surface area (Å²) in [6, 6.07) is 2.08. The molecule has 0 fully saturated rings. The standard InChI is InChI=1S/C10H18N2/c1-3-5-6-8-12-10(9-11)7-4-2/h8,10H,3-7H2,1-2H3. The fourth-order valence-corrected chi connectivity index (χ4v) is 0.943. The number of hydrogen-bond donors (Lipinski definition) is 0. The molecule has 0 aliphatic rings. The van der Waals surface area contributed by atoms with Crippen LogP contribution in [0.25, 0.3) is 0 Å². The van der Waals surface area contributed by atoms with Crippen molar-refractivity contribution in [3.63, 3.8) is 0 Å². The van der Waals surface area contributed by atoms with E-state index in [2.05, 4.69) is 24.9 Å². The Morgan fingerprint density at radius 3 is 2.67 bits per heavy atom. The molecule has 0 aromatic carbocycles. The normalized spacial score (nSPS) is 13.1. The van der Waals surface area contributed by atoms with Crippen molar-refractivity contribution in [1.82, 2.24) is 0 Å². The van der Waals surface area contributed by atoms with E-state index in [1.165, 1.54) is 12.8 Å². The van der Waals surface area contributed by atoms with Gasteiger partial charge in [0, 0.05) is 6.21 Å². The molecule has 0 amide bonds. The highest BCUT2D eigenvalue weighted by Gasteiger charge is 1.99. The molecule has 0 radical (unpaired) electrons. The number of unbranched alkanes of at least 4 members (excludes halogenated alkanes) is 2. The average Bonchev–Trinajstić information content (AvgIpc) is 2.10. The van der Waals surface area contributed by atoms with Crippen molar-refractivity contribution in [2.75, 3.05) is 0 Å². The van der Waals surface area contributed by atoms with Gasteiger partial charge in [0.15, 0.2) is 0 Å². The van der Waals surface area contributed by atoms with Crippen LogP contribution < -0.4 is 0 Å². The predicted octanol–water partition coefficient (Wildman–Crippen LogP) is 2.94. The van der Waals surface area contributed by atoms with Gasteiger partial charge in [-0.2, -0.15) is 5.26 Å². The van der Waals surface area contributed by atoms with Gasteiger partial charge < -0.3 is 0 Å². The molecule has 2 heteroatoms. The van der Waals surface area contributed by atoms with Crippen LogP contribution in [0.4, 0.5) is 0 Å². The van der Waals surface area contributed by atoms with Crippen molar-refractivity contribution >= 4 is 6.21 Å². The molecular formula is C10H18N2. The highest BCUT2D eigenvalue weighted by Crippen LogP contribution is 2.00. The third kappa shape index (κ3) is 5.91. The Balaban J connectivity index is 3.55. The molecule has 0 aliphatic heterocycles. The minimum absolute atomic E-state index is 0.105. The fourth-order valence-electron chi connectivity index (χ4n) is 0.943. The molecule has 0 N–H and O–H groups in total. The van der Waals surface area contributed by atoms with E-state index in [0.717, 1.165) is 19.3 Å². The molecule has 1 atom stereocenters. The highest BCUT2D eigenvalue weighted by atomic mass is 14.8. The maximum atomic E-state index is 8.65. The summed E-state index contributed by atoms with van der Waals surface area (Å²) in [6.07, 6.45) is 7.19. The van der Waals surface area contributed by atoms with E-state index in [1.807, 2.05) is 6.21 Å². The smallest absolute Gasteiger partial charge is 0.136 e. The van der Waals surface area contributed by atoms with Gasteiger partial charge in [-0.25, -0.2) is 0 Å². The summed E-state index contributed by atoms with van der Waals surface area (Å²) in [7, 11) is 0. The quantitative estimate of drug-likeness (QED) is 0.441. The molecule has 0 spiro atoms. The Labute approximate surface area is 75.3 Å². The molecule has 0 bridgehead atoms. The van der Waals surface area contributed by atoms with Crippen LogP contribution >= 0.6 is 0 Å². The van der Waals surface area contributed by atoms with E-state index in [1.54, 1.807) is 0 Å². The van der Waals surface area contributed by atoms with E-state index in [0.29, 0.717) is 0 Å². The molecular weight excluding hydrogens is 148 g/mol. The second-order valence-corrected chi connectivity index (χ2v) is 2.91. The maximum Gasteiger partial charge on any atom is 0.136 e. The number of nitriles is 1. The Morgan fingerprint density at radius 1 is 1.42 bits per heavy atom. The lowest BCUT2D eigenvalue weighted by atomic mass is 10.2. The van der Waals surface area contributed by atoms with Crippen LogP contribution in [0.3, 0.4) is 0 Å². The summed E-state index contributed by atoms with van der Waals surface area (Å²) < 4.78 is 0. The van der Waals surface area contributed by atoms with Gasteiger partial charge in [-0.3, -0.25) is 4.99 Å². The van der Waals surface area contributed by atoms with Crippen LogP contribution in [0.2, 0.25) is 0 Å². The van der Waals surface area contributed by atoms with E-state index < -0.39 is 0 Å². The fraction of sp³-hybridized carbons (Fsp3) is 0.800. The van der Waals surface area contributed by atoms with Gasteiger partial charge in [0.2, 0.25) is 0 Å². The van der Waals surface area contributed by atoms with Gasteiger partial charge in [0.25, 0.3) is 0 Å². The zero-order chi connectivity index (χ0) is 9.23.